The molecule has 43 heavy (non-hydrogen) atoms. The molecule has 262 valence electrons. The molecule has 0 aromatic heterocycles. The SMILES string of the molecule is CCCCCCCCCCCCCCCCCCCCCCCCCCCCCCCCCCCCCCP(C)(C)(C)Cl. The Bertz CT molecular complexity index is 512. The van der Waals surface area contributed by atoms with Crippen LogP contribution in [-0.2, 0) is 0 Å². The molecule has 0 bridgehead atoms. The van der Waals surface area contributed by atoms with Gasteiger partial charge in [0, 0.05) is 0 Å². The summed E-state index contributed by atoms with van der Waals surface area (Å²) in [7, 11) is 0. The second-order valence-corrected chi connectivity index (χ2v) is 26.1. The molecule has 0 aliphatic heterocycles. The molecule has 0 fully saturated rings. The predicted molar refractivity (Wildman–Crippen MR) is 207 cm³/mol. The third-order valence-electron chi connectivity index (χ3n) is 9.77. The predicted octanol–water partition coefficient (Wildman–Crippen LogP) is 16.6. The molecule has 0 heterocycles. The van der Waals surface area contributed by atoms with Crippen LogP contribution in [0.5, 0.6) is 0 Å². The minimum atomic E-state index is -1.77. The molecule has 0 aromatic rings. The van der Waals surface area contributed by atoms with E-state index in [1.807, 2.05) is 0 Å². The number of halogens is 1. The molecule has 0 rings (SSSR count). The van der Waals surface area contributed by atoms with E-state index in [4.69, 9.17) is 11.2 Å². The third kappa shape index (κ3) is 42.7. The second kappa shape index (κ2) is 32.7. The van der Waals surface area contributed by atoms with E-state index < -0.39 is 5.96 Å². The molecule has 0 nitrogen and oxygen atoms in total. The van der Waals surface area contributed by atoms with Crippen LogP contribution in [0, 0.1) is 0 Å². The quantitative estimate of drug-likeness (QED) is 0.0466. The summed E-state index contributed by atoms with van der Waals surface area (Å²) in [5, 5.41) is 0. The molecule has 0 amide bonds. The molecule has 0 atom stereocenters. The van der Waals surface area contributed by atoms with Crippen LogP contribution in [0.1, 0.15) is 238 Å². The Morgan fingerprint density at radius 1 is 0.256 bits per heavy atom. The van der Waals surface area contributed by atoms with Crippen molar-refractivity contribution in [1.82, 2.24) is 0 Å². The van der Waals surface area contributed by atoms with Gasteiger partial charge in [-0.15, -0.1) is 0 Å². The molecule has 0 aromatic carbocycles. The summed E-state index contributed by atoms with van der Waals surface area (Å²) in [6.07, 6.45) is 54.2. The number of unbranched alkanes of at least 4 members (excludes halogenated alkanes) is 35. The van der Waals surface area contributed by atoms with Crippen LogP contribution in [0.2, 0.25) is 0 Å². The van der Waals surface area contributed by atoms with Crippen molar-refractivity contribution in [3.05, 3.63) is 0 Å². The number of hydrogen-bond donors (Lipinski definition) is 0. The molecule has 0 spiro atoms. The topological polar surface area (TPSA) is 0 Å². The molecule has 0 saturated carbocycles. The van der Waals surface area contributed by atoms with Crippen LogP contribution in [0.25, 0.3) is 0 Å². The summed E-state index contributed by atoms with van der Waals surface area (Å²) in [5.41, 5.74) is 0. The summed E-state index contributed by atoms with van der Waals surface area (Å²) in [5.74, 6) is -1.77. The summed E-state index contributed by atoms with van der Waals surface area (Å²) in [6, 6.07) is 0. The standard InChI is InChI=1S/C41H86ClP/c1-5-6-7-8-9-10-11-12-13-14-15-16-17-18-19-20-21-22-23-24-25-26-27-28-29-30-31-32-33-34-35-36-37-38-39-40-41-43(2,3,4)42/h5-41H2,1-4H3. The van der Waals surface area contributed by atoms with Gasteiger partial charge in [-0.3, -0.25) is 0 Å². The fraction of sp³-hybridized carbons (Fsp3) is 1.00. The Labute approximate surface area is 280 Å². The first-order chi connectivity index (χ1) is 20.8. The van der Waals surface area contributed by atoms with Gasteiger partial charge in [-0.05, 0) is 0 Å². The van der Waals surface area contributed by atoms with Crippen LogP contribution >= 0.6 is 17.2 Å². The summed E-state index contributed by atoms with van der Waals surface area (Å²) < 4.78 is 0. The molecule has 0 radical (unpaired) electrons. The zero-order chi connectivity index (χ0) is 31.6. The second-order valence-electron chi connectivity index (χ2n) is 16.0. The van der Waals surface area contributed by atoms with Gasteiger partial charge in [0.2, 0.25) is 0 Å². The summed E-state index contributed by atoms with van der Waals surface area (Å²) in [6.45, 7) is 9.18. The Kier molecular flexibility index (Phi) is 33.2. The van der Waals surface area contributed by atoms with E-state index in [-0.39, 0.29) is 0 Å². The van der Waals surface area contributed by atoms with Gasteiger partial charge in [0.05, 0.1) is 0 Å². The fourth-order valence-electron chi connectivity index (χ4n) is 6.73. The normalized spacial score (nSPS) is 13.0. The van der Waals surface area contributed by atoms with Gasteiger partial charge < -0.3 is 0 Å². The van der Waals surface area contributed by atoms with Gasteiger partial charge in [-0.1, -0.05) is 167 Å². The average Bonchev–Trinajstić information content (AvgIpc) is 2.96. The number of hydrogen-bond acceptors (Lipinski definition) is 0. The van der Waals surface area contributed by atoms with Gasteiger partial charge in [0.1, 0.15) is 0 Å². The summed E-state index contributed by atoms with van der Waals surface area (Å²) in [4.78, 5) is 0. The number of rotatable bonds is 37. The van der Waals surface area contributed by atoms with Crippen molar-refractivity contribution in [3.8, 4) is 0 Å². The molecular formula is C41H86ClP. The molecule has 2 heteroatoms. The van der Waals surface area contributed by atoms with E-state index in [0.29, 0.717) is 0 Å². The van der Waals surface area contributed by atoms with Crippen LogP contribution in [0.4, 0.5) is 0 Å². The average molecular weight is 646 g/mol. The van der Waals surface area contributed by atoms with Crippen LogP contribution < -0.4 is 0 Å². The maximum absolute atomic E-state index is 6.65. The van der Waals surface area contributed by atoms with E-state index in [0.717, 1.165) is 0 Å². The van der Waals surface area contributed by atoms with Gasteiger partial charge in [0.15, 0.2) is 0 Å². The Balaban J connectivity index is 3.07. The molecule has 0 unspecified atom stereocenters. The monoisotopic (exact) mass is 645 g/mol. The summed E-state index contributed by atoms with van der Waals surface area (Å²) >= 11 is 6.65. The van der Waals surface area contributed by atoms with Crippen molar-refractivity contribution in [3.63, 3.8) is 0 Å². The van der Waals surface area contributed by atoms with E-state index in [2.05, 4.69) is 26.9 Å². The van der Waals surface area contributed by atoms with Crippen LogP contribution in [0.15, 0.2) is 0 Å². The van der Waals surface area contributed by atoms with Crippen molar-refractivity contribution < 1.29 is 0 Å². The Morgan fingerprint density at radius 3 is 0.535 bits per heavy atom. The van der Waals surface area contributed by atoms with Crippen molar-refractivity contribution in [1.29, 1.82) is 0 Å². The van der Waals surface area contributed by atoms with E-state index >= 15 is 0 Å². The van der Waals surface area contributed by atoms with E-state index in [9.17, 15) is 0 Å². The fourth-order valence-corrected chi connectivity index (χ4v) is 8.38. The van der Waals surface area contributed by atoms with Crippen LogP contribution in [0.3, 0.4) is 0 Å². The third-order valence-corrected chi connectivity index (χ3v) is 12.1. The molecule has 0 N–H and O–H groups in total. The van der Waals surface area contributed by atoms with Crippen molar-refractivity contribution >= 4 is 17.2 Å². The van der Waals surface area contributed by atoms with Crippen molar-refractivity contribution in [2.75, 3.05) is 26.2 Å². The van der Waals surface area contributed by atoms with Crippen molar-refractivity contribution in [2.24, 2.45) is 0 Å². The van der Waals surface area contributed by atoms with Gasteiger partial charge >= 0.3 is 114 Å². The zero-order valence-corrected chi connectivity index (χ0v) is 32.6. The van der Waals surface area contributed by atoms with Gasteiger partial charge in [-0.2, -0.15) is 0 Å². The Hall–Kier alpha value is 0.720. The van der Waals surface area contributed by atoms with Gasteiger partial charge in [-0.25, -0.2) is 0 Å². The maximum atomic E-state index is 6.65. The first kappa shape index (κ1) is 43.7. The molecular weight excluding hydrogens is 559 g/mol. The Morgan fingerprint density at radius 2 is 0.395 bits per heavy atom. The molecule has 0 aliphatic carbocycles. The molecule has 0 saturated heterocycles. The van der Waals surface area contributed by atoms with Crippen molar-refractivity contribution in [2.45, 2.75) is 238 Å². The zero-order valence-electron chi connectivity index (χ0n) is 31.0. The molecule has 0 aliphatic rings. The van der Waals surface area contributed by atoms with Crippen LogP contribution in [-0.4, -0.2) is 26.2 Å². The minimum absolute atomic E-state index is 1.26. The van der Waals surface area contributed by atoms with E-state index in [1.54, 1.807) is 0 Å². The van der Waals surface area contributed by atoms with Gasteiger partial charge in [0.25, 0.3) is 0 Å². The first-order valence-corrected chi connectivity index (χ1v) is 25.2. The van der Waals surface area contributed by atoms with E-state index in [1.165, 1.54) is 237 Å². The first-order valence-electron chi connectivity index (χ1n) is 20.5.